The van der Waals surface area contributed by atoms with Crippen LogP contribution in [-0.2, 0) is 4.74 Å². The summed E-state index contributed by atoms with van der Waals surface area (Å²) in [5.41, 5.74) is 0. The molecule has 0 aromatic carbocycles. The summed E-state index contributed by atoms with van der Waals surface area (Å²) < 4.78 is 5.44. The van der Waals surface area contributed by atoms with E-state index in [4.69, 9.17) is 4.74 Å². The molecule has 0 aromatic rings. The summed E-state index contributed by atoms with van der Waals surface area (Å²) in [5, 5.41) is 0. The van der Waals surface area contributed by atoms with E-state index in [0.717, 1.165) is 32.8 Å². The molecule has 1 atom stereocenters. The second-order valence-electron chi connectivity index (χ2n) is 3.57. The van der Waals surface area contributed by atoms with Crippen molar-refractivity contribution in [3.8, 4) is 0 Å². The van der Waals surface area contributed by atoms with Crippen LogP contribution in [0.4, 0.5) is 0 Å². The Morgan fingerprint density at radius 3 is 3.08 bits per heavy atom. The van der Waals surface area contributed by atoms with E-state index in [9.17, 15) is 0 Å². The Kier molecular flexibility index (Phi) is 2.63. The van der Waals surface area contributed by atoms with Crippen molar-refractivity contribution in [3.05, 3.63) is 6.92 Å². The summed E-state index contributed by atoms with van der Waals surface area (Å²) in [6, 6.07) is 0.634. The van der Waals surface area contributed by atoms with Gasteiger partial charge in [-0.15, -0.1) is 0 Å². The molecule has 0 saturated carbocycles. The molecule has 0 spiro atoms. The molecule has 1 radical (unpaired) electrons. The molecule has 0 aliphatic carbocycles. The molecule has 0 bridgehead atoms. The number of piperazine rings is 1. The van der Waals surface area contributed by atoms with Gasteiger partial charge in [-0.3, -0.25) is 4.90 Å². The SMILES string of the molecule is [CH2]CN1CCN2CCOCC2C1. The fourth-order valence-corrected chi connectivity index (χ4v) is 2.01. The van der Waals surface area contributed by atoms with Crippen LogP contribution in [0.3, 0.4) is 0 Å². The summed E-state index contributed by atoms with van der Waals surface area (Å²) in [6.07, 6.45) is 0. The Bertz CT molecular complexity index is 151. The van der Waals surface area contributed by atoms with Gasteiger partial charge in [-0.25, -0.2) is 0 Å². The lowest BCUT2D eigenvalue weighted by Crippen LogP contribution is -2.57. The van der Waals surface area contributed by atoms with Crippen LogP contribution in [0.2, 0.25) is 0 Å². The standard InChI is InChI=1S/C9H17N2O/c1-2-10-3-4-11-5-6-12-8-9(11)7-10/h9H,1-8H2. The van der Waals surface area contributed by atoms with Crippen molar-refractivity contribution in [1.29, 1.82) is 0 Å². The second kappa shape index (κ2) is 3.73. The largest absolute Gasteiger partial charge is 0.378 e. The van der Waals surface area contributed by atoms with Crippen LogP contribution in [0.25, 0.3) is 0 Å². The number of hydrogen-bond donors (Lipinski definition) is 0. The van der Waals surface area contributed by atoms with E-state index in [2.05, 4.69) is 16.7 Å². The number of morpholine rings is 1. The molecule has 69 valence electrons. The highest BCUT2D eigenvalue weighted by Gasteiger charge is 2.28. The number of rotatable bonds is 1. The van der Waals surface area contributed by atoms with E-state index in [0.29, 0.717) is 6.04 Å². The summed E-state index contributed by atoms with van der Waals surface area (Å²) in [6.45, 7) is 11.3. The summed E-state index contributed by atoms with van der Waals surface area (Å²) in [4.78, 5) is 4.94. The zero-order valence-corrected chi connectivity index (χ0v) is 7.54. The lowest BCUT2D eigenvalue weighted by molar-refractivity contribution is -0.0425. The first-order chi connectivity index (χ1) is 5.90. The maximum Gasteiger partial charge on any atom is 0.0634 e. The minimum absolute atomic E-state index is 0.634. The minimum Gasteiger partial charge on any atom is -0.378 e. The Balaban J connectivity index is 1.90. The van der Waals surface area contributed by atoms with Gasteiger partial charge < -0.3 is 9.64 Å². The van der Waals surface area contributed by atoms with Crippen LogP contribution in [0, 0.1) is 6.92 Å². The molecule has 1 unspecified atom stereocenters. The van der Waals surface area contributed by atoms with Crippen LogP contribution >= 0.6 is 0 Å². The van der Waals surface area contributed by atoms with Gasteiger partial charge in [-0.1, -0.05) is 0 Å². The molecule has 2 rings (SSSR count). The molecule has 2 heterocycles. The third kappa shape index (κ3) is 1.63. The van der Waals surface area contributed by atoms with Crippen molar-refractivity contribution in [2.75, 3.05) is 45.9 Å². The summed E-state index contributed by atoms with van der Waals surface area (Å²) in [5.74, 6) is 0. The molecule has 12 heavy (non-hydrogen) atoms. The first kappa shape index (κ1) is 8.48. The normalized spacial score (nSPS) is 33.2. The molecular weight excluding hydrogens is 152 g/mol. The zero-order valence-electron chi connectivity index (χ0n) is 7.54. The zero-order chi connectivity index (χ0) is 8.39. The Labute approximate surface area is 74.3 Å². The number of nitrogens with zero attached hydrogens (tertiary/aromatic N) is 2. The van der Waals surface area contributed by atoms with Crippen LogP contribution < -0.4 is 0 Å². The quantitative estimate of drug-likeness (QED) is 0.542. The topological polar surface area (TPSA) is 15.7 Å². The average Bonchev–Trinajstić information content (AvgIpc) is 2.17. The maximum absolute atomic E-state index is 5.44. The molecule has 2 aliphatic heterocycles. The van der Waals surface area contributed by atoms with Crippen molar-refractivity contribution in [2.24, 2.45) is 0 Å². The van der Waals surface area contributed by atoms with Gasteiger partial charge in [0, 0.05) is 32.2 Å². The van der Waals surface area contributed by atoms with Crippen molar-refractivity contribution < 1.29 is 4.74 Å². The van der Waals surface area contributed by atoms with Gasteiger partial charge in [0.05, 0.1) is 13.2 Å². The lowest BCUT2D eigenvalue weighted by Gasteiger charge is -2.43. The van der Waals surface area contributed by atoms with Gasteiger partial charge in [0.15, 0.2) is 0 Å². The van der Waals surface area contributed by atoms with E-state index in [-0.39, 0.29) is 0 Å². The van der Waals surface area contributed by atoms with Crippen LogP contribution in [0.15, 0.2) is 0 Å². The highest BCUT2D eigenvalue weighted by Crippen LogP contribution is 2.12. The third-order valence-electron chi connectivity index (χ3n) is 2.84. The first-order valence-electron chi connectivity index (χ1n) is 4.73. The van der Waals surface area contributed by atoms with E-state index in [1.165, 1.54) is 13.1 Å². The molecule has 2 saturated heterocycles. The van der Waals surface area contributed by atoms with Gasteiger partial charge in [0.25, 0.3) is 0 Å². The molecule has 2 fully saturated rings. The number of fused-ring (bicyclic) bond motifs is 1. The summed E-state index contributed by atoms with van der Waals surface area (Å²) in [7, 11) is 0. The molecule has 2 aliphatic rings. The second-order valence-corrected chi connectivity index (χ2v) is 3.57. The predicted molar refractivity (Wildman–Crippen MR) is 48.0 cm³/mol. The van der Waals surface area contributed by atoms with Crippen molar-refractivity contribution in [2.45, 2.75) is 6.04 Å². The van der Waals surface area contributed by atoms with Gasteiger partial charge in [0.1, 0.15) is 0 Å². The first-order valence-corrected chi connectivity index (χ1v) is 4.73. The fraction of sp³-hybridized carbons (Fsp3) is 0.889. The van der Waals surface area contributed by atoms with Crippen molar-refractivity contribution in [1.82, 2.24) is 9.80 Å². The van der Waals surface area contributed by atoms with E-state index in [1.54, 1.807) is 0 Å². The van der Waals surface area contributed by atoms with Crippen molar-refractivity contribution in [3.63, 3.8) is 0 Å². The fourth-order valence-electron chi connectivity index (χ4n) is 2.01. The number of ether oxygens (including phenoxy) is 1. The Morgan fingerprint density at radius 1 is 1.33 bits per heavy atom. The van der Waals surface area contributed by atoms with E-state index < -0.39 is 0 Å². The van der Waals surface area contributed by atoms with Gasteiger partial charge in [-0.05, 0) is 13.5 Å². The highest BCUT2D eigenvalue weighted by atomic mass is 16.5. The Hall–Kier alpha value is -0.120. The minimum atomic E-state index is 0.634. The van der Waals surface area contributed by atoms with Crippen LogP contribution in [0.1, 0.15) is 0 Å². The van der Waals surface area contributed by atoms with Gasteiger partial charge in [0.2, 0.25) is 0 Å². The average molecular weight is 169 g/mol. The molecule has 0 amide bonds. The van der Waals surface area contributed by atoms with E-state index >= 15 is 0 Å². The lowest BCUT2D eigenvalue weighted by atomic mass is 10.1. The highest BCUT2D eigenvalue weighted by molar-refractivity contribution is 4.84. The Morgan fingerprint density at radius 2 is 2.25 bits per heavy atom. The predicted octanol–water partition coefficient (Wildman–Crippen LogP) is -0.163. The summed E-state index contributed by atoms with van der Waals surface area (Å²) >= 11 is 0. The van der Waals surface area contributed by atoms with Gasteiger partial charge in [-0.2, -0.15) is 0 Å². The smallest absolute Gasteiger partial charge is 0.0634 e. The van der Waals surface area contributed by atoms with Crippen LogP contribution in [0.5, 0.6) is 0 Å². The molecule has 3 heteroatoms. The van der Waals surface area contributed by atoms with Crippen molar-refractivity contribution >= 4 is 0 Å². The van der Waals surface area contributed by atoms with Gasteiger partial charge >= 0.3 is 0 Å². The molecule has 3 nitrogen and oxygen atoms in total. The molecule has 0 N–H and O–H groups in total. The molecule has 0 aromatic heterocycles. The maximum atomic E-state index is 5.44. The third-order valence-corrected chi connectivity index (χ3v) is 2.84. The van der Waals surface area contributed by atoms with E-state index in [1.807, 2.05) is 0 Å². The number of hydrogen-bond acceptors (Lipinski definition) is 3. The van der Waals surface area contributed by atoms with Crippen LogP contribution in [-0.4, -0.2) is 61.8 Å². The molecular formula is C9H17N2O. The monoisotopic (exact) mass is 169 g/mol.